The Kier molecular flexibility index (Phi) is 5.37. The van der Waals surface area contributed by atoms with Crippen molar-refractivity contribution in [1.82, 2.24) is 9.71 Å². The maximum Gasteiger partial charge on any atom is 0.211 e. The predicted octanol–water partition coefficient (Wildman–Crippen LogP) is 0.273. The lowest BCUT2D eigenvalue weighted by atomic mass is 10.3. The van der Waals surface area contributed by atoms with Gasteiger partial charge in [0, 0.05) is 25.5 Å². The molecule has 0 aliphatic heterocycles. The lowest BCUT2D eigenvalue weighted by molar-refractivity contribution is 0.287. The number of aromatic nitrogens is 1. The van der Waals surface area contributed by atoms with Gasteiger partial charge < -0.3 is 5.11 Å². The third-order valence-corrected chi connectivity index (χ3v) is 3.48. The summed E-state index contributed by atoms with van der Waals surface area (Å²) in [5, 5.41) is 8.55. The van der Waals surface area contributed by atoms with Gasteiger partial charge in [-0.2, -0.15) is 0 Å². The van der Waals surface area contributed by atoms with Gasteiger partial charge in [0.25, 0.3) is 0 Å². The molecule has 1 heterocycles. The molecule has 0 spiro atoms. The summed E-state index contributed by atoms with van der Waals surface area (Å²) >= 11 is 0. The summed E-state index contributed by atoms with van der Waals surface area (Å²) in [6.45, 7) is 0.309. The highest BCUT2D eigenvalue weighted by Gasteiger charge is 2.08. The summed E-state index contributed by atoms with van der Waals surface area (Å²) in [5.41, 5.74) is 0.876. The number of pyridine rings is 1. The standard InChI is InChI=1S/C10H16N2O3S/c13-7-1-2-8-16(14,15)12-9-10-3-5-11-6-4-10/h3-6,12-13H,1-2,7-9H2. The molecule has 0 aromatic carbocycles. The normalized spacial score (nSPS) is 11.6. The lowest BCUT2D eigenvalue weighted by Gasteiger charge is -2.05. The number of nitrogens with one attached hydrogen (secondary N) is 1. The van der Waals surface area contributed by atoms with Gasteiger partial charge in [-0.1, -0.05) is 0 Å². The van der Waals surface area contributed by atoms with Gasteiger partial charge in [0.2, 0.25) is 10.0 Å². The van der Waals surface area contributed by atoms with Crippen LogP contribution in [0.15, 0.2) is 24.5 Å². The van der Waals surface area contributed by atoms with E-state index >= 15 is 0 Å². The molecule has 0 saturated carbocycles. The second kappa shape index (κ2) is 6.57. The highest BCUT2D eigenvalue weighted by atomic mass is 32.2. The van der Waals surface area contributed by atoms with Crippen LogP contribution in [0.2, 0.25) is 0 Å². The van der Waals surface area contributed by atoms with E-state index in [2.05, 4.69) is 9.71 Å². The number of unbranched alkanes of at least 4 members (excludes halogenated alkanes) is 1. The summed E-state index contributed by atoms with van der Waals surface area (Å²) in [6.07, 6.45) is 4.23. The van der Waals surface area contributed by atoms with E-state index in [0.29, 0.717) is 12.8 Å². The Balaban J connectivity index is 2.36. The van der Waals surface area contributed by atoms with E-state index < -0.39 is 10.0 Å². The topological polar surface area (TPSA) is 79.3 Å². The second-order valence-corrected chi connectivity index (χ2v) is 5.35. The van der Waals surface area contributed by atoms with Crippen molar-refractivity contribution >= 4 is 10.0 Å². The molecule has 0 unspecified atom stereocenters. The maximum atomic E-state index is 11.5. The molecule has 16 heavy (non-hydrogen) atoms. The number of hydrogen-bond acceptors (Lipinski definition) is 4. The molecule has 0 fully saturated rings. The zero-order chi connectivity index (χ0) is 11.9. The first-order chi connectivity index (χ1) is 7.64. The largest absolute Gasteiger partial charge is 0.396 e. The fourth-order valence-corrected chi connectivity index (χ4v) is 2.29. The van der Waals surface area contributed by atoms with E-state index in [9.17, 15) is 8.42 Å². The molecule has 0 saturated heterocycles. The van der Waals surface area contributed by atoms with Gasteiger partial charge >= 0.3 is 0 Å². The van der Waals surface area contributed by atoms with Crippen LogP contribution in [-0.4, -0.2) is 30.9 Å². The molecule has 0 atom stereocenters. The molecule has 0 amide bonds. The molecular formula is C10H16N2O3S. The van der Waals surface area contributed by atoms with Crippen molar-refractivity contribution in [2.24, 2.45) is 0 Å². The molecule has 0 aliphatic carbocycles. The van der Waals surface area contributed by atoms with Gasteiger partial charge in [-0.15, -0.1) is 0 Å². The molecular weight excluding hydrogens is 228 g/mol. The summed E-state index contributed by atoms with van der Waals surface area (Å²) in [5.74, 6) is 0.0542. The minimum absolute atomic E-state index is 0.0277. The van der Waals surface area contributed by atoms with Crippen molar-refractivity contribution in [2.75, 3.05) is 12.4 Å². The Labute approximate surface area is 95.6 Å². The van der Waals surface area contributed by atoms with Crippen LogP contribution >= 0.6 is 0 Å². The summed E-state index contributed by atoms with van der Waals surface area (Å²) in [6, 6.07) is 3.52. The van der Waals surface area contributed by atoms with Gasteiger partial charge in [0.15, 0.2) is 0 Å². The molecule has 2 N–H and O–H groups in total. The van der Waals surface area contributed by atoms with Crippen LogP contribution in [0.5, 0.6) is 0 Å². The molecule has 1 aromatic rings. The molecule has 5 nitrogen and oxygen atoms in total. The third-order valence-electron chi connectivity index (χ3n) is 2.07. The second-order valence-electron chi connectivity index (χ2n) is 3.43. The van der Waals surface area contributed by atoms with Crippen LogP contribution in [0.4, 0.5) is 0 Å². The Morgan fingerprint density at radius 1 is 1.25 bits per heavy atom. The molecule has 90 valence electrons. The fourth-order valence-electron chi connectivity index (χ4n) is 1.17. The van der Waals surface area contributed by atoms with E-state index in [4.69, 9.17) is 5.11 Å². The summed E-state index contributed by atoms with van der Waals surface area (Å²) in [4.78, 5) is 3.85. The van der Waals surface area contributed by atoms with Crippen LogP contribution < -0.4 is 4.72 Å². The Morgan fingerprint density at radius 2 is 1.94 bits per heavy atom. The van der Waals surface area contributed by atoms with Crippen LogP contribution in [0.25, 0.3) is 0 Å². The number of aliphatic hydroxyl groups is 1. The summed E-state index contributed by atoms with van der Waals surface area (Å²) < 4.78 is 25.4. The smallest absolute Gasteiger partial charge is 0.211 e. The van der Waals surface area contributed by atoms with Gasteiger partial charge in [-0.05, 0) is 30.5 Å². The van der Waals surface area contributed by atoms with Crippen LogP contribution in [0.1, 0.15) is 18.4 Å². The first kappa shape index (κ1) is 13.1. The number of sulfonamides is 1. The van der Waals surface area contributed by atoms with Crippen molar-refractivity contribution in [2.45, 2.75) is 19.4 Å². The van der Waals surface area contributed by atoms with Crippen molar-refractivity contribution in [3.05, 3.63) is 30.1 Å². The number of aliphatic hydroxyl groups excluding tert-OH is 1. The monoisotopic (exact) mass is 244 g/mol. The van der Waals surface area contributed by atoms with Crippen LogP contribution in [0, 0.1) is 0 Å². The highest BCUT2D eigenvalue weighted by Crippen LogP contribution is 1.99. The Morgan fingerprint density at radius 3 is 2.56 bits per heavy atom. The predicted molar refractivity (Wildman–Crippen MR) is 61.2 cm³/mol. The minimum Gasteiger partial charge on any atom is -0.396 e. The zero-order valence-corrected chi connectivity index (χ0v) is 9.78. The van der Waals surface area contributed by atoms with Gasteiger partial charge in [-0.3, -0.25) is 4.98 Å². The molecule has 0 radical (unpaired) electrons. The van der Waals surface area contributed by atoms with Crippen molar-refractivity contribution < 1.29 is 13.5 Å². The van der Waals surface area contributed by atoms with Crippen LogP contribution in [-0.2, 0) is 16.6 Å². The fraction of sp³-hybridized carbons (Fsp3) is 0.500. The number of rotatable bonds is 7. The third kappa shape index (κ3) is 5.20. The van der Waals surface area contributed by atoms with Crippen LogP contribution in [0.3, 0.4) is 0 Å². The first-order valence-electron chi connectivity index (χ1n) is 5.11. The minimum atomic E-state index is -3.23. The van der Waals surface area contributed by atoms with Crippen molar-refractivity contribution in [3.63, 3.8) is 0 Å². The van der Waals surface area contributed by atoms with Crippen molar-refractivity contribution in [3.8, 4) is 0 Å². The van der Waals surface area contributed by atoms with Gasteiger partial charge in [-0.25, -0.2) is 13.1 Å². The lowest BCUT2D eigenvalue weighted by Crippen LogP contribution is -2.26. The van der Waals surface area contributed by atoms with Crippen molar-refractivity contribution in [1.29, 1.82) is 0 Å². The Hall–Kier alpha value is -0.980. The van der Waals surface area contributed by atoms with E-state index in [1.165, 1.54) is 0 Å². The van der Waals surface area contributed by atoms with E-state index in [1.54, 1.807) is 24.5 Å². The average Bonchev–Trinajstić information content (AvgIpc) is 2.28. The average molecular weight is 244 g/mol. The first-order valence-corrected chi connectivity index (χ1v) is 6.76. The van der Waals surface area contributed by atoms with Gasteiger partial charge in [0.1, 0.15) is 0 Å². The molecule has 0 bridgehead atoms. The molecule has 6 heteroatoms. The number of nitrogens with zero attached hydrogens (tertiary/aromatic N) is 1. The maximum absolute atomic E-state index is 11.5. The van der Waals surface area contributed by atoms with E-state index in [1.807, 2.05) is 0 Å². The SMILES string of the molecule is O=S(=O)(CCCCO)NCc1ccncc1. The quantitative estimate of drug-likeness (QED) is 0.675. The van der Waals surface area contributed by atoms with Gasteiger partial charge in [0.05, 0.1) is 5.75 Å². The van der Waals surface area contributed by atoms with E-state index in [-0.39, 0.29) is 18.9 Å². The zero-order valence-electron chi connectivity index (χ0n) is 8.96. The highest BCUT2D eigenvalue weighted by molar-refractivity contribution is 7.89. The summed E-state index contributed by atoms with van der Waals surface area (Å²) in [7, 11) is -3.23. The molecule has 1 rings (SSSR count). The number of hydrogen-bond donors (Lipinski definition) is 2. The molecule has 1 aromatic heterocycles. The Bertz CT molecular complexity index is 392. The molecule has 0 aliphatic rings. The van der Waals surface area contributed by atoms with E-state index in [0.717, 1.165) is 5.56 Å².